The van der Waals surface area contributed by atoms with Crippen LogP contribution in [-0.4, -0.2) is 24.5 Å². The number of hydrogen-bond acceptors (Lipinski definition) is 4. The average molecular weight is 374 g/mol. The highest BCUT2D eigenvalue weighted by atomic mass is 19.4. The predicted molar refractivity (Wildman–Crippen MR) is 75.9 cm³/mol. The molecular formula is C14H16F6N2O3. The summed E-state index contributed by atoms with van der Waals surface area (Å²) in [5.41, 5.74) is -2.70. The fourth-order valence-corrected chi connectivity index (χ4v) is 1.59. The molecule has 1 amide bonds. The van der Waals surface area contributed by atoms with Gasteiger partial charge in [-0.3, -0.25) is 0 Å². The highest BCUT2D eigenvalue weighted by Crippen LogP contribution is 2.38. The van der Waals surface area contributed by atoms with Crippen molar-refractivity contribution in [1.82, 2.24) is 0 Å². The lowest BCUT2D eigenvalue weighted by atomic mass is 10.1. The molecule has 0 saturated heterocycles. The molecule has 0 radical (unpaired) electrons. The van der Waals surface area contributed by atoms with Gasteiger partial charge in [0.2, 0.25) is 0 Å². The summed E-state index contributed by atoms with van der Waals surface area (Å²) in [6.45, 7) is 2.66. The second-order valence-electron chi connectivity index (χ2n) is 5.93. The summed E-state index contributed by atoms with van der Waals surface area (Å²) in [6, 6.07) is 1.86. The fourth-order valence-electron chi connectivity index (χ4n) is 1.59. The third-order valence-corrected chi connectivity index (χ3v) is 2.53. The summed E-state index contributed by atoms with van der Waals surface area (Å²) < 4.78 is 84.5. The van der Waals surface area contributed by atoms with E-state index >= 15 is 0 Å². The summed E-state index contributed by atoms with van der Waals surface area (Å²) in [6.07, 6.45) is -10.9. The van der Waals surface area contributed by atoms with Gasteiger partial charge < -0.3 is 9.47 Å². The molecule has 0 bridgehead atoms. The first-order valence-electron chi connectivity index (χ1n) is 6.79. The van der Waals surface area contributed by atoms with Crippen molar-refractivity contribution in [2.24, 2.45) is 5.84 Å². The van der Waals surface area contributed by atoms with Crippen LogP contribution in [0.2, 0.25) is 0 Å². The summed E-state index contributed by atoms with van der Waals surface area (Å²) in [7, 11) is 0. The number of alkyl halides is 6. The van der Waals surface area contributed by atoms with Crippen molar-refractivity contribution in [3.8, 4) is 5.75 Å². The second-order valence-corrected chi connectivity index (χ2v) is 5.93. The number of nitrogens with zero attached hydrogens (tertiary/aromatic N) is 1. The highest BCUT2D eigenvalue weighted by Gasteiger charge is 2.37. The van der Waals surface area contributed by atoms with Crippen LogP contribution >= 0.6 is 0 Å². The third kappa shape index (κ3) is 6.69. The maximum absolute atomic E-state index is 12.9. The number of benzene rings is 1. The van der Waals surface area contributed by atoms with Crippen LogP contribution in [0, 0.1) is 0 Å². The van der Waals surface area contributed by atoms with Crippen LogP contribution in [0.5, 0.6) is 5.75 Å². The Morgan fingerprint density at radius 1 is 1.12 bits per heavy atom. The van der Waals surface area contributed by atoms with E-state index in [1.807, 2.05) is 0 Å². The van der Waals surface area contributed by atoms with Crippen LogP contribution in [0.3, 0.4) is 0 Å². The molecule has 0 aliphatic carbocycles. The maximum atomic E-state index is 12.9. The Kier molecular flexibility index (Phi) is 5.83. The second kappa shape index (κ2) is 6.98. The zero-order valence-corrected chi connectivity index (χ0v) is 13.5. The zero-order chi connectivity index (χ0) is 19.6. The summed E-state index contributed by atoms with van der Waals surface area (Å²) >= 11 is 0. The fraction of sp³-hybridized carbons (Fsp3) is 0.500. The van der Waals surface area contributed by atoms with Gasteiger partial charge in [-0.25, -0.2) is 15.6 Å². The standard InChI is InChI=1S/C14H16F6N2O3/c1-12(2,3)25-11(23)22(21)8-4-5-9(14(18,19)20)10(6-8)24-7-13(15,16)17/h4-6H,7,21H2,1-3H3. The maximum Gasteiger partial charge on any atom is 0.429 e. The molecule has 2 N–H and O–H groups in total. The van der Waals surface area contributed by atoms with Crippen LogP contribution < -0.4 is 15.6 Å². The zero-order valence-electron chi connectivity index (χ0n) is 13.5. The number of halogens is 6. The Morgan fingerprint density at radius 2 is 1.68 bits per heavy atom. The van der Waals surface area contributed by atoms with Crippen molar-refractivity contribution in [2.75, 3.05) is 11.6 Å². The van der Waals surface area contributed by atoms with Crippen molar-refractivity contribution < 1.29 is 40.6 Å². The molecule has 0 atom stereocenters. The van der Waals surface area contributed by atoms with Gasteiger partial charge in [-0.15, -0.1) is 0 Å². The van der Waals surface area contributed by atoms with E-state index in [0.717, 1.165) is 6.07 Å². The van der Waals surface area contributed by atoms with Gasteiger partial charge >= 0.3 is 18.4 Å². The Morgan fingerprint density at radius 3 is 2.12 bits per heavy atom. The normalized spacial score (nSPS) is 12.7. The monoisotopic (exact) mass is 374 g/mol. The topological polar surface area (TPSA) is 64.8 Å². The first-order chi connectivity index (χ1) is 11.1. The lowest BCUT2D eigenvalue weighted by Gasteiger charge is -2.25. The predicted octanol–water partition coefficient (Wildman–Crippen LogP) is 4.26. The number of nitrogens with two attached hydrogens (primary N) is 1. The molecule has 0 aromatic heterocycles. The average Bonchev–Trinajstić information content (AvgIpc) is 2.40. The van der Waals surface area contributed by atoms with Crippen molar-refractivity contribution in [1.29, 1.82) is 0 Å². The van der Waals surface area contributed by atoms with Crippen LogP contribution in [0.25, 0.3) is 0 Å². The van der Waals surface area contributed by atoms with Gasteiger partial charge in [0.05, 0.1) is 11.3 Å². The lowest BCUT2D eigenvalue weighted by molar-refractivity contribution is -0.158. The van der Waals surface area contributed by atoms with Gasteiger partial charge in [-0.1, -0.05) is 0 Å². The van der Waals surface area contributed by atoms with E-state index in [1.165, 1.54) is 20.8 Å². The number of anilines is 1. The Labute approximate surface area is 139 Å². The van der Waals surface area contributed by atoms with E-state index in [9.17, 15) is 31.1 Å². The minimum absolute atomic E-state index is 0.334. The van der Waals surface area contributed by atoms with E-state index in [1.54, 1.807) is 0 Å². The highest BCUT2D eigenvalue weighted by molar-refractivity contribution is 5.86. The summed E-state index contributed by atoms with van der Waals surface area (Å²) in [5, 5.41) is 0.367. The number of amides is 1. The SMILES string of the molecule is CC(C)(C)OC(=O)N(N)c1ccc(C(F)(F)F)c(OCC(F)(F)F)c1. The summed E-state index contributed by atoms with van der Waals surface area (Å²) in [5.74, 6) is 4.35. The Balaban J connectivity index is 3.16. The van der Waals surface area contributed by atoms with Crippen LogP contribution in [0.15, 0.2) is 18.2 Å². The number of hydrogen-bond donors (Lipinski definition) is 1. The smallest absolute Gasteiger partial charge is 0.429 e. The van der Waals surface area contributed by atoms with E-state index < -0.39 is 42.0 Å². The van der Waals surface area contributed by atoms with E-state index in [4.69, 9.17) is 10.6 Å². The molecule has 0 saturated carbocycles. The van der Waals surface area contributed by atoms with Gasteiger partial charge in [0.1, 0.15) is 11.4 Å². The molecule has 142 valence electrons. The molecule has 5 nitrogen and oxygen atoms in total. The van der Waals surface area contributed by atoms with E-state index in [0.29, 0.717) is 17.1 Å². The Bertz CT molecular complexity index is 622. The molecule has 25 heavy (non-hydrogen) atoms. The molecular weight excluding hydrogens is 358 g/mol. The first kappa shape index (κ1) is 20.9. The van der Waals surface area contributed by atoms with Gasteiger partial charge in [0.25, 0.3) is 0 Å². The molecule has 0 spiro atoms. The molecule has 0 heterocycles. The molecule has 11 heteroatoms. The molecule has 0 aliphatic rings. The molecule has 0 unspecified atom stereocenters. The molecule has 0 fully saturated rings. The number of rotatable bonds is 3. The van der Waals surface area contributed by atoms with E-state index in [-0.39, 0.29) is 5.69 Å². The van der Waals surface area contributed by atoms with Crippen LogP contribution in [-0.2, 0) is 10.9 Å². The van der Waals surface area contributed by atoms with Crippen molar-refractivity contribution in [3.63, 3.8) is 0 Å². The number of carbonyl (C=O) groups excluding carboxylic acids is 1. The van der Waals surface area contributed by atoms with Crippen LogP contribution in [0.4, 0.5) is 36.8 Å². The van der Waals surface area contributed by atoms with Gasteiger partial charge in [0.15, 0.2) is 6.61 Å². The van der Waals surface area contributed by atoms with E-state index in [2.05, 4.69) is 4.74 Å². The van der Waals surface area contributed by atoms with Gasteiger partial charge in [0, 0.05) is 6.07 Å². The molecule has 1 aromatic rings. The first-order valence-corrected chi connectivity index (χ1v) is 6.79. The van der Waals surface area contributed by atoms with Gasteiger partial charge in [-0.05, 0) is 32.9 Å². The van der Waals surface area contributed by atoms with Gasteiger partial charge in [-0.2, -0.15) is 26.3 Å². The quantitative estimate of drug-likeness (QED) is 0.372. The van der Waals surface area contributed by atoms with Crippen molar-refractivity contribution in [3.05, 3.63) is 23.8 Å². The molecule has 1 rings (SSSR count). The molecule has 1 aromatic carbocycles. The van der Waals surface area contributed by atoms with Crippen molar-refractivity contribution >= 4 is 11.8 Å². The van der Waals surface area contributed by atoms with Crippen molar-refractivity contribution in [2.45, 2.75) is 38.7 Å². The minimum Gasteiger partial charge on any atom is -0.483 e. The number of ether oxygens (including phenoxy) is 2. The number of hydrazine groups is 1. The Hall–Kier alpha value is -2.17. The number of carbonyl (C=O) groups is 1. The molecule has 0 aliphatic heterocycles. The third-order valence-electron chi connectivity index (χ3n) is 2.53. The largest absolute Gasteiger partial charge is 0.483 e. The lowest BCUT2D eigenvalue weighted by Crippen LogP contribution is -2.41. The summed E-state index contributed by atoms with van der Waals surface area (Å²) in [4.78, 5) is 11.8. The minimum atomic E-state index is -4.95. The van der Waals surface area contributed by atoms with Crippen LogP contribution in [0.1, 0.15) is 26.3 Å².